The number of hydrogen-bond acceptors (Lipinski definition) is 3. The molecule has 0 bridgehead atoms. The number of rotatable bonds is 7. The molecule has 1 N–H and O–H groups in total. The standard InChI is InChI=1S/C16H28N2S/c1-16(2,3)14-6-8-15(9-7-14)19-13-11-17-10-12-18(4)5/h6-9,17H,10-13H2,1-5H3. The summed E-state index contributed by atoms with van der Waals surface area (Å²) in [6.45, 7) is 10.00. The average Bonchev–Trinajstić information content (AvgIpc) is 2.32. The predicted molar refractivity (Wildman–Crippen MR) is 87.3 cm³/mol. The van der Waals surface area contributed by atoms with E-state index in [9.17, 15) is 0 Å². The summed E-state index contributed by atoms with van der Waals surface area (Å²) in [6.07, 6.45) is 0. The number of nitrogens with one attached hydrogen (secondary N) is 1. The Bertz CT molecular complexity index is 352. The van der Waals surface area contributed by atoms with E-state index in [-0.39, 0.29) is 5.41 Å². The maximum absolute atomic E-state index is 3.46. The molecule has 1 aromatic carbocycles. The lowest BCUT2D eigenvalue weighted by Crippen LogP contribution is -2.27. The van der Waals surface area contributed by atoms with Crippen molar-refractivity contribution >= 4 is 11.8 Å². The largest absolute Gasteiger partial charge is 0.315 e. The Labute approximate surface area is 123 Å². The average molecular weight is 280 g/mol. The quantitative estimate of drug-likeness (QED) is 0.610. The van der Waals surface area contributed by atoms with Crippen molar-refractivity contribution in [2.75, 3.05) is 39.5 Å². The third kappa shape index (κ3) is 7.00. The van der Waals surface area contributed by atoms with Crippen molar-refractivity contribution in [1.29, 1.82) is 0 Å². The number of hydrogen-bond donors (Lipinski definition) is 1. The molecule has 0 radical (unpaired) electrons. The minimum absolute atomic E-state index is 0.247. The van der Waals surface area contributed by atoms with Gasteiger partial charge in [-0.05, 0) is 37.2 Å². The van der Waals surface area contributed by atoms with Crippen LogP contribution < -0.4 is 5.32 Å². The minimum Gasteiger partial charge on any atom is -0.315 e. The van der Waals surface area contributed by atoms with Crippen molar-refractivity contribution in [2.24, 2.45) is 0 Å². The highest BCUT2D eigenvalue weighted by molar-refractivity contribution is 7.99. The predicted octanol–water partition coefficient (Wildman–Crippen LogP) is 3.23. The normalized spacial score (nSPS) is 12.1. The van der Waals surface area contributed by atoms with Gasteiger partial charge in [0.2, 0.25) is 0 Å². The summed E-state index contributed by atoms with van der Waals surface area (Å²) >= 11 is 1.92. The van der Waals surface area contributed by atoms with Gasteiger partial charge < -0.3 is 10.2 Å². The summed E-state index contributed by atoms with van der Waals surface area (Å²) in [5.74, 6) is 1.13. The molecule has 108 valence electrons. The first-order valence-electron chi connectivity index (χ1n) is 6.98. The fourth-order valence-corrected chi connectivity index (χ4v) is 2.53. The highest BCUT2D eigenvalue weighted by Gasteiger charge is 2.12. The van der Waals surface area contributed by atoms with Crippen LogP contribution in [0.3, 0.4) is 0 Å². The SMILES string of the molecule is CN(C)CCNCCSc1ccc(C(C)(C)C)cc1. The van der Waals surface area contributed by atoms with E-state index in [2.05, 4.69) is 69.3 Å². The molecule has 2 nitrogen and oxygen atoms in total. The molecule has 0 saturated carbocycles. The minimum atomic E-state index is 0.247. The van der Waals surface area contributed by atoms with Crippen LogP contribution in [0.1, 0.15) is 26.3 Å². The smallest absolute Gasteiger partial charge is 0.0106 e. The zero-order chi connectivity index (χ0) is 14.3. The van der Waals surface area contributed by atoms with E-state index in [1.807, 2.05) is 11.8 Å². The van der Waals surface area contributed by atoms with Crippen LogP contribution in [0, 0.1) is 0 Å². The van der Waals surface area contributed by atoms with Crippen molar-refractivity contribution in [3.8, 4) is 0 Å². The van der Waals surface area contributed by atoms with Gasteiger partial charge in [0, 0.05) is 30.3 Å². The molecule has 1 aromatic rings. The second-order valence-electron chi connectivity index (χ2n) is 6.18. The molecule has 0 unspecified atom stereocenters. The molecule has 0 heterocycles. The zero-order valence-electron chi connectivity index (χ0n) is 13.0. The van der Waals surface area contributed by atoms with Crippen LogP contribution in [0.15, 0.2) is 29.2 Å². The summed E-state index contributed by atoms with van der Waals surface area (Å²) in [6, 6.07) is 8.99. The Balaban J connectivity index is 2.23. The highest BCUT2D eigenvalue weighted by atomic mass is 32.2. The molecular weight excluding hydrogens is 252 g/mol. The maximum atomic E-state index is 3.46. The van der Waals surface area contributed by atoms with Gasteiger partial charge in [-0.3, -0.25) is 0 Å². The molecule has 1 rings (SSSR count). The van der Waals surface area contributed by atoms with Crippen molar-refractivity contribution < 1.29 is 0 Å². The molecule has 0 aliphatic heterocycles. The Morgan fingerprint density at radius 1 is 1.05 bits per heavy atom. The summed E-state index contributed by atoms with van der Waals surface area (Å²) in [5, 5.41) is 3.46. The highest BCUT2D eigenvalue weighted by Crippen LogP contribution is 2.25. The van der Waals surface area contributed by atoms with Crippen molar-refractivity contribution in [3.63, 3.8) is 0 Å². The van der Waals surface area contributed by atoms with Gasteiger partial charge in [-0.1, -0.05) is 32.9 Å². The number of thioether (sulfide) groups is 1. The molecule has 0 aromatic heterocycles. The molecule has 0 aliphatic carbocycles. The van der Waals surface area contributed by atoms with Gasteiger partial charge in [-0.2, -0.15) is 0 Å². The van der Waals surface area contributed by atoms with Gasteiger partial charge >= 0.3 is 0 Å². The summed E-state index contributed by atoms with van der Waals surface area (Å²) in [7, 11) is 4.21. The van der Waals surface area contributed by atoms with Gasteiger partial charge in [0.1, 0.15) is 0 Å². The number of benzene rings is 1. The van der Waals surface area contributed by atoms with E-state index in [0.29, 0.717) is 0 Å². The van der Waals surface area contributed by atoms with E-state index < -0.39 is 0 Å². The van der Waals surface area contributed by atoms with Crippen LogP contribution in [0.25, 0.3) is 0 Å². The van der Waals surface area contributed by atoms with Crippen molar-refractivity contribution in [3.05, 3.63) is 29.8 Å². The van der Waals surface area contributed by atoms with Gasteiger partial charge in [-0.15, -0.1) is 11.8 Å². The van der Waals surface area contributed by atoms with E-state index in [4.69, 9.17) is 0 Å². The van der Waals surface area contributed by atoms with E-state index in [1.54, 1.807) is 0 Å². The Kier molecular flexibility index (Phi) is 6.90. The van der Waals surface area contributed by atoms with Crippen LogP contribution >= 0.6 is 11.8 Å². The van der Waals surface area contributed by atoms with Crippen LogP contribution in [0.5, 0.6) is 0 Å². The first-order chi connectivity index (χ1) is 8.89. The molecule has 3 heteroatoms. The third-order valence-electron chi connectivity index (χ3n) is 3.00. The third-order valence-corrected chi connectivity index (χ3v) is 4.02. The lowest BCUT2D eigenvalue weighted by Gasteiger charge is -2.19. The molecule has 0 aliphatic rings. The summed E-state index contributed by atoms with van der Waals surface area (Å²) in [5.41, 5.74) is 1.65. The molecule has 0 amide bonds. The molecule has 0 atom stereocenters. The Morgan fingerprint density at radius 3 is 2.21 bits per heavy atom. The molecule has 0 fully saturated rings. The number of likely N-dealkylation sites (N-methyl/N-ethyl adjacent to an activating group) is 1. The Hall–Kier alpha value is -0.510. The molecular formula is C16H28N2S. The monoisotopic (exact) mass is 280 g/mol. The van der Waals surface area contributed by atoms with Crippen molar-refractivity contribution in [1.82, 2.24) is 10.2 Å². The van der Waals surface area contributed by atoms with Gasteiger partial charge in [-0.25, -0.2) is 0 Å². The first-order valence-corrected chi connectivity index (χ1v) is 7.97. The molecule has 19 heavy (non-hydrogen) atoms. The van der Waals surface area contributed by atoms with Gasteiger partial charge in [0.05, 0.1) is 0 Å². The first kappa shape index (κ1) is 16.5. The van der Waals surface area contributed by atoms with E-state index in [0.717, 1.165) is 25.4 Å². The maximum Gasteiger partial charge on any atom is 0.0106 e. The topological polar surface area (TPSA) is 15.3 Å². The van der Waals surface area contributed by atoms with E-state index in [1.165, 1.54) is 10.5 Å². The van der Waals surface area contributed by atoms with Gasteiger partial charge in [0.25, 0.3) is 0 Å². The lowest BCUT2D eigenvalue weighted by atomic mass is 9.87. The second kappa shape index (κ2) is 7.93. The van der Waals surface area contributed by atoms with E-state index >= 15 is 0 Å². The fourth-order valence-electron chi connectivity index (χ4n) is 1.72. The van der Waals surface area contributed by atoms with Crippen LogP contribution in [-0.4, -0.2) is 44.4 Å². The number of nitrogens with zero attached hydrogens (tertiary/aromatic N) is 1. The van der Waals surface area contributed by atoms with Crippen LogP contribution in [0.2, 0.25) is 0 Å². The Morgan fingerprint density at radius 2 is 1.68 bits per heavy atom. The molecule has 0 saturated heterocycles. The van der Waals surface area contributed by atoms with Crippen LogP contribution in [-0.2, 0) is 5.41 Å². The van der Waals surface area contributed by atoms with Gasteiger partial charge in [0.15, 0.2) is 0 Å². The summed E-state index contributed by atoms with van der Waals surface area (Å²) < 4.78 is 0. The van der Waals surface area contributed by atoms with Crippen molar-refractivity contribution in [2.45, 2.75) is 31.1 Å². The lowest BCUT2D eigenvalue weighted by molar-refractivity contribution is 0.403. The molecule has 0 spiro atoms. The second-order valence-corrected chi connectivity index (χ2v) is 7.34. The summed E-state index contributed by atoms with van der Waals surface area (Å²) in [4.78, 5) is 3.56. The zero-order valence-corrected chi connectivity index (χ0v) is 13.8. The fraction of sp³-hybridized carbons (Fsp3) is 0.625. The van der Waals surface area contributed by atoms with Crippen LogP contribution in [0.4, 0.5) is 0 Å².